The maximum absolute atomic E-state index is 12.6. The van der Waals surface area contributed by atoms with Gasteiger partial charge in [0.15, 0.2) is 6.10 Å². The van der Waals surface area contributed by atoms with Crippen molar-refractivity contribution in [1.29, 1.82) is 0 Å². The standard InChI is InChI=1S/C48H76NO10P/c1-3-5-7-9-11-13-15-17-19-21-22-24-25-27-29-31-33-35-37-39-46(50)56-41-44(42-57-60(54,55)58-43-45(49)48(52)53)59-47(51)40-38-36-34-32-30-28-26-23-20-18-16-14-12-10-8-6-4-2/h5,7,11-14,17-20,22,24,26-29,33,35,44-45H,3-4,6,8-10,15-16,21,23,25,30-32,34,36-43,49H2,1-2H3,(H,52,53)(H,54,55)/b7-5+,13-11+,14-12+,19-17+,20-18+,24-22+,28-26+,29-27+,35-33+/t44-,45+/m1/s1. The van der Waals surface area contributed by atoms with Crippen LogP contribution in [0.1, 0.15) is 142 Å². The van der Waals surface area contributed by atoms with E-state index in [2.05, 4.69) is 116 Å². The molecule has 4 N–H and O–H groups in total. The number of carbonyl (C=O) groups excluding carboxylic acids is 2. The maximum Gasteiger partial charge on any atom is 0.472 e. The van der Waals surface area contributed by atoms with Crippen LogP contribution in [-0.2, 0) is 37.5 Å². The van der Waals surface area contributed by atoms with Crippen molar-refractivity contribution in [2.24, 2.45) is 5.73 Å². The van der Waals surface area contributed by atoms with Gasteiger partial charge in [-0.05, 0) is 89.9 Å². The molecule has 338 valence electrons. The quantitative estimate of drug-likeness (QED) is 0.0232. The van der Waals surface area contributed by atoms with Crippen LogP contribution >= 0.6 is 7.82 Å². The van der Waals surface area contributed by atoms with E-state index >= 15 is 0 Å². The SMILES string of the molecule is CC/C=C/C/C=C/C/C=C/C/C=C/C/C=C/C/C=C/CCC(=O)OC[C@H](COP(=O)(O)OC[C@H](N)C(=O)O)OC(=O)CCCCCC/C=C/C/C=C/C/C=C/CCCCC. The molecule has 0 aliphatic heterocycles. The van der Waals surface area contributed by atoms with Gasteiger partial charge in [0.25, 0.3) is 0 Å². The van der Waals surface area contributed by atoms with E-state index in [0.29, 0.717) is 12.8 Å². The minimum atomic E-state index is -4.75. The van der Waals surface area contributed by atoms with E-state index in [0.717, 1.165) is 83.5 Å². The first-order valence-corrected chi connectivity index (χ1v) is 23.4. The Hall–Kier alpha value is -3.86. The molecular formula is C48H76NO10P. The molecule has 60 heavy (non-hydrogen) atoms. The highest BCUT2D eigenvalue weighted by atomic mass is 31.2. The molecule has 0 aliphatic carbocycles. The van der Waals surface area contributed by atoms with Crippen molar-refractivity contribution >= 4 is 25.7 Å². The molecule has 0 amide bonds. The van der Waals surface area contributed by atoms with Gasteiger partial charge in [0.2, 0.25) is 0 Å². The summed E-state index contributed by atoms with van der Waals surface area (Å²) in [6.07, 6.45) is 54.5. The highest BCUT2D eigenvalue weighted by molar-refractivity contribution is 7.47. The molecule has 11 nitrogen and oxygen atoms in total. The Morgan fingerprint density at radius 1 is 0.533 bits per heavy atom. The van der Waals surface area contributed by atoms with Crippen LogP contribution in [0.25, 0.3) is 0 Å². The third kappa shape index (κ3) is 40.9. The third-order valence-electron chi connectivity index (χ3n) is 8.52. The molecule has 0 saturated heterocycles. The van der Waals surface area contributed by atoms with E-state index in [1.807, 2.05) is 12.2 Å². The monoisotopic (exact) mass is 858 g/mol. The number of phosphoric ester groups is 1. The molecule has 0 bridgehead atoms. The topological polar surface area (TPSA) is 172 Å². The zero-order valence-corrected chi connectivity index (χ0v) is 37.4. The Morgan fingerprint density at radius 3 is 1.45 bits per heavy atom. The summed E-state index contributed by atoms with van der Waals surface area (Å²) in [7, 11) is -4.75. The number of nitrogens with two attached hydrogens (primary N) is 1. The molecule has 0 heterocycles. The number of phosphoric acid groups is 1. The molecule has 0 aliphatic rings. The fourth-order valence-electron chi connectivity index (χ4n) is 5.10. The molecular weight excluding hydrogens is 781 g/mol. The number of esters is 2. The lowest BCUT2D eigenvalue weighted by Gasteiger charge is -2.20. The lowest BCUT2D eigenvalue weighted by Crippen LogP contribution is -2.34. The van der Waals surface area contributed by atoms with Gasteiger partial charge < -0.3 is 25.2 Å². The average Bonchev–Trinajstić information content (AvgIpc) is 3.22. The van der Waals surface area contributed by atoms with Crippen LogP contribution in [0, 0.1) is 0 Å². The van der Waals surface area contributed by atoms with Crippen molar-refractivity contribution in [2.75, 3.05) is 19.8 Å². The second kappa shape index (κ2) is 41.9. The van der Waals surface area contributed by atoms with Crippen LogP contribution in [0.2, 0.25) is 0 Å². The summed E-state index contributed by atoms with van der Waals surface area (Å²) in [4.78, 5) is 45.9. The molecule has 3 atom stereocenters. The summed E-state index contributed by atoms with van der Waals surface area (Å²) >= 11 is 0. The first-order valence-electron chi connectivity index (χ1n) is 21.9. The molecule has 0 aromatic heterocycles. The number of allylic oxidation sites excluding steroid dienone is 18. The van der Waals surface area contributed by atoms with Crippen molar-refractivity contribution < 1.29 is 47.5 Å². The van der Waals surface area contributed by atoms with Gasteiger partial charge in [-0.15, -0.1) is 0 Å². The Balaban J connectivity index is 4.55. The van der Waals surface area contributed by atoms with Gasteiger partial charge in [0, 0.05) is 12.8 Å². The van der Waals surface area contributed by atoms with Gasteiger partial charge >= 0.3 is 25.7 Å². The van der Waals surface area contributed by atoms with Crippen LogP contribution in [-0.4, -0.2) is 59.9 Å². The fourth-order valence-corrected chi connectivity index (χ4v) is 5.87. The summed E-state index contributed by atoms with van der Waals surface area (Å²) in [5.74, 6) is -2.53. The van der Waals surface area contributed by atoms with Gasteiger partial charge in [-0.1, -0.05) is 149 Å². The summed E-state index contributed by atoms with van der Waals surface area (Å²) < 4.78 is 32.6. The van der Waals surface area contributed by atoms with E-state index in [-0.39, 0.29) is 12.8 Å². The zero-order chi connectivity index (χ0) is 44.2. The van der Waals surface area contributed by atoms with Gasteiger partial charge in [0.1, 0.15) is 12.6 Å². The van der Waals surface area contributed by atoms with Crippen LogP contribution in [0.5, 0.6) is 0 Å². The highest BCUT2D eigenvalue weighted by Crippen LogP contribution is 2.43. The molecule has 0 rings (SSSR count). The summed E-state index contributed by atoms with van der Waals surface area (Å²) in [6.45, 7) is 2.54. The van der Waals surface area contributed by atoms with Crippen LogP contribution < -0.4 is 5.73 Å². The lowest BCUT2D eigenvalue weighted by molar-refractivity contribution is -0.161. The molecule has 12 heteroatoms. The first-order chi connectivity index (χ1) is 29.1. The number of unbranched alkanes of at least 4 members (excludes halogenated alkanes) is 7. The Kier molecular flexibility index (Phi) is 39.2. The largest absolute Gasteiger partial charge is 0.480 e. The van der Waals surface area contributed by atoms with Crippen molar-refractivity contribution in [3.63, 3.8) is 0 Å². The first kappa shape index (κ1) is 56.1. The number of hydrogen-bond acceptors (Lipinski definition) is 9. The van der Waals surface area contributed by atoms with Gasteiger partial charge in [-0.25, -0.2) is 4.57 Å². The lowest BCUT2D eigenvalue weighted by atomic mass is 10.1. The highest BCUT2D eigenvalue weighted by Gasteiger charge is 2.28. The van der Waals surface area contributed by atoms with E-state index < -0.39 is 57.7 Å². The maximum atomic E-state index is 12.6. The summed E-state index contributed by atoms with van der Waals surface area (Å²) in [5.41, 5.74) is 5.33. The molecule has 0 aromatic rings. The predicted molar refractivity (Wildman–Crippen MR) is 244 cm³/mol. The smallest absolute Gasteiger partial charge is 0.472 e. The molecule has 0 saturated carbocycles. The van der Waals surface area contributed by atoms with Crippen LogP contribution in [0.15, 0.2) is 109 Å². The Bertz CT molecular complexity index is 1430. The number of aliphatic carboxylic acids is 1. The van der Waals surface area contributed by atoms with Crippen molar-refractivity contribution in [1.82, 2.24) is 0 Å². The van der Waals surface area contributed by atoms with Crippen molar-refractivity contribution in [2.45, 2.75) is 154 Å². The number of carboxylic acids is 1. The summed E-state index contributed by atoms with van der Waals surface area (Å²) in [5, 5.41) is 8.89. The Labute approximate surface area is 361 Å². The number of carbonyl (C=O) groups is 3. The van der Waals surface area contributed by atoms with Gasteiger partial charge in [-0.3, -0.25) is 23.4 Å². The number of rotatable bonds is 39. The van der Waals surface area contributed by atoms with Crippen molar-refractivity contribution in [3.05, 3.63) is 109 Å². The van der Waals surface area contributed by atoms with E-state index in [9.17, 15) is 23.8 Å². The molecule has 0 radical (unpaired) electrons. The zero-order valence-electron chi connectivity index (χ0n) is 36.5. The minimum absolute atomic E-state index is 0.0844. The average molecular weight is 858 g/mol. The Morgan fingerprint density at radius 2 is 0.967 bits per heavy atom. The van der Waals surface area contributed by atoms with E-state index in [1.165, 1.54) is 19.3 Å². The normalized spacial score (nSPS) is 14.7. The van der Waals surface area contributed by atoms with Crippen LogP contribution in [0.4, 0.5) is 0 Å². The molecule has 0 fully saturated rings. The van der Waals surface area contributed by atoms with Gasteiger partial charge in [0.05, 0.1) is 13.2 Å². The van der Waals surface area contributed by atoms with Crippen LogP contribution in [0.3, 0.4) is 0 Å². The van der Waals surface area contributed by atoms with Crippen molar-refractivity contribution in [3.8, 4) is 0 Å². The minimum Gasteiger partial charge on any atom is -0.480 e. The predicted octanol–water partition coefficient (Wildman–Crippen LogP) is 11.8. The number of ether oxygens (including phenoxy) is 2. The molecule has 0 aromatic carbocycles. The van der Waals surface area contributed by atoms with Gasteiger partial charge in [-0.2, -0.15) is 0 Å². The molecule has 0 spiro atoms. The second-order valence-corrected chi connectivity index (χ2v) is 15.5. The summed E-state index contributed by atoms with van der Waals surface area (Å²) in [6, 6.07) is -1.54. The van der Waals surface area contributed by atoms with E-state index in [4.69, 9.17) is 24.8 Å². The fraction of sp³-hybridized carbons (Fsp3) is 0.562. The second-order valence-electron chi connectivity index (χ2n) is 14.1. The number of carboxylic acid groups (broad SMARTS) is 1. The molecule has 1 unspecified atom stereocenters. The number of hydrogen-bond donors (Lipinski definition) is 3. The van der Waals surface area contributed by atoms with E-state index in [1.54, 1.807) is 0 Å². The third-order valence-corrected chi connectivity index (χ3v) is 9.47.